The van der Waals surface area contributed by atoms with E-state index >= 15 is 0 Å². The molecule has 0 saturated heterocycles. The van der Waals surface area contributed by atoms with Crippen LogP contribution >= 0.6 is 0 Å². The average molecular weight is 226 g/mol. The van der Waals surface area contributed by atoms with Crippen molar-refractivity contribution in [2.45, 2.75) is 88.5 Å². The van der Waals surface area contributed by atoms with Gasteiger partial charge in [-0.1, -0.05) is 88.5 Å². The van der Waals surface area contributed by atoms with Crippen LogP contribution in [-0.4, -0.2) is 7.05 Å². The number of hydrogen-bond donors (Lipinski definition) is 1. The maximum absolute atomic E-state index is 4.50. The molecule has 1 heteroatoms. The molecule has 1 nitrogen and oxygen atoms in total. The summed E-state index contributed by atoms with van der Waals surface area (Å²) in [5, 5.41) is 0. The Morgan fingerprint density at radius 3 is 0.533 bits per heavy atom. The van der Waals surface area contributed by atoms with Crippen molar-refractivity contribution in [3.8, 4) is 0 Å². The Labute approximate surface area is 103 Å². The molecule has 0 spiro atoms. The van der Waals surface area contributed by atoms with Crippen LogP contribution in [0.4, 0.5) is 0 Å². The molecule has 0 bridgehead atoms. The molecule has 0 unspecified atom stereocenters. The first-order valence-electron chi connectivity index (χ1n) is 6.82. The van der Waals surface area contributed by atoms with Crippen molar-refractivity contribution in [2.24, 2.45) is 5.73 Å². The molecule has 0 aromatic heterocycles. The summed E-state index contributed by atoms with van der Waals surface area (Å²) < 4.78 is 0. The number of rotatable bonds is 0. The zero-order chi connectivity index (χ0) is 14.1. The molecule has 0 aliphatic heterocycles. The van der Waals surface area contributed by atoms with Crippen LogP contribution < -0.4 is 5.73 Å². The van der Waals surface area contributed by atoms with Gasteiger partial charge in [0.15, 0.2) is 0 Å². The van der Waals surface area contributed by atoms with E-state index in [-0.39, 0.29) is 1.43 Å². The third kappa shape index (κ3) is 1250000. The minimum absolute atomic E-state index is 0. The van der Waals surface area contributed by atoms with Gasteiger partial charge in [-0.15, -0.1) is 0 Å². The fourth-order valence-corrected chi connectivity index (χ4v) is 0. The van der Waals surface area contributed by atoms with Crippen LogP contribution in [0.3, 0.4) is 0 Å². The lowest BCUT2D eigenvalue weighted by atomic mass is 10.6. The lowest BCUT2D eigenvalue weighted by Crippen LogP contribution is -1.69. The van der Waals surface area contributed by atoms with Crippen molar-refractivity contribution in [3.63, 3.8) is 0 Å². The van der Waals surface area contributed by atoms with Gasteiger partial charge in [-0.2, -0.15) is 0 Å². The minimum Gasteiger partial charge on any atom is -0.333 e. The lowest BCUT2D eigenvalue weighted by molar-refractivity contribution is 1.09. The van der Waals surface area contributed by atoms with Crippen LogP contribution in [0, 0.1) is 0 Å². The molecule has 104 valence electrons. The van der Waals surface area contributed by atoms with E-state index in [9.17, 15) is 0 Å². The quantitative estimate of drug-likeness (QED) is 0.528. The van der Waals surface area contributed by atoms with Gasteiger partial charge in [0, 0.05) is 1.43 Å². The van der Waals surface area contributed by atoms with Gasteiger partial charge in [-0.25, -0.2) is 0 Å². The van der Waals surface area contributed by atoms with Crippen molar-refractivity contribution < 1.29 is 1.43 Å². The summed E-state index contributed by atoms with van der Waals surface area (Å²) in [6.45, 7) is 20.8. The normalized spacial score (nSPS) is 4.80. The Kier molecular flexibility index (Phi) is 648. The van der Waals surface area contributed by atoms with Crippen molar-refractivity contribution in [1.82, 2.24) is 0 Å². The van der Waals surface area contributed by atoms with Crippen molar-refractivity contribution in [3.05, 3.63) is 0 Å². The van der Waals surface area contributed by atoms with Crippen LogP contribution in [0.25, 0.3) is 0 Å². The summed E-state index contributed by atoms with van der Waals surface area (Å²) in [4.78, 5) is 0. The molecule has 0 amide bonds. The third-order valence-electron chi connectivity index (χ3n) is 0. The lowest BCUT2D eigenvalue weighted by Gasteiger charge is -1.48. The highest BCUT2D eigenvalue weighted by molar-refractivity contribution is 3.92. The predicted octanol–water partition coefficient (Wildman–Crippen LogP) is 6.12. The molecule has 0 fully saturated rings. The Bertz CT molecular complexity index is 15.5. The topological polar surface area (TPSA) is 26.0 Å². The molecule has 0 rings (SSSR count). The fourth-order valence-electron chi connectivity index (χ4n) is 0. The van der Waals surface area contributed by atoms with E-state index < -0.39 is 0 Å². The molecule has 0 aromatic carbocycles. The predicted molar refractivity (Wildman–Crippen MR) is 82.8 cm³/mol. The molecule has 2 N–H and O–H groups in total. The Balaban J connectivity index is -0.0000000122. The zero-order valence-electron chi connectivity index (χ0n) is 13.7. The van der Waals surface area contributed by atoms with Gasteiger partial charge in [0.05, 0.1) is 0 Å². The van der Waals surface area contributed by atoms with Gasteiger partial charge in [0.2, 0.25) is 0 Å². The SMILES string of the molecule is CC.CC.CCC.CCC.CCC.CN.[HH]. The second kappa shape index (κ2) is 268. The molecule has 0 aromatic rings. The van der Waals surface area contributed by atoms with E-state index in [1.165, 1.54) is 26.3 Å². The molecule has 0 atom stereocenters. The first-order valence-corrected chi connectivity index (χ1v) is 6.82. The van der Waals surface area contributed by atoms with Crippen molar-refractivity contribution >= 4 is 0 Å². The molecule has 0 aliphatic carbocycles. The minimum atomic E-state index is 0. The number of hydrogen-bond acceptors (Lipinski definition) is 1. The standard InChI is InChI=1S/3C3H8.2C2H6.CH5N.H2/c3*1-3-2;3*1-2;/h3*3H2,1-2H3;2*1-2H3;2H2,1H3;1H. The van der Waals surface area contributed by atoms with Crippen LogP contribution in [0.5, 0.6) is 0 Å². The Hall–Kier alpha value is -0.0400. The molecular formula is C14H43N. The second-order valence-corrected chi connectivity index (χ2v) is 2.12. The van der Waals surface area contributed by atoms with Crippen molar-refractivity contribution in [2.75, 3.05) is 7.05 Å². The Morgan fingerprint density at radius 2 is 0.533 bits per heavy atom. The fraction of sp³-hybridized carbons (Fsp3) is 1.00. The highest BCUT2D eigenvalue weighted by atomic mass is 14.4. The summed E-state index contributed by atoms with van der Waals surface area (Å²) in [6.07, 6.45) is 3.75. The summed E-state index contributed by atoms with van der Waals surface area (Å²) in [6, 6.07) is 0. The monoisotopic (exact) mass is 225 g/mol. The molecule has 15 heavy (non-hydrogen) atoms. The van der Waals surface area contributed by atoms with Gasteiger partial charge >= 0.3 is 0 Å². The largest absolute Gasteiger partial charge is 0.333 e. The van der Waals surface area contributed by atoms with E-state index in [1.54, 1.807) is 0 Å². The van der Waals surface area contributed by atoms with Crippen LogP contribution in [0.2, 0.25) is 0 Å². The van der Waals surface area contributed by atoms with E-state index in [0.29, 0.717) is 0 Å². The van der Waals surface area contributed by atoms with Crippen LogP contribution in [0.1, 0.15) is 89.9 Å². The highest BCUT2D eigenvalue weighted by Crippen LogP contribution is 1.56. The summed E-state index contributed by atoms with van der Waals surface area (Å²) in [7, 11) is 1.50. The zero-order valence-corrected chi connectivity index (χ0v) is 13.7. The maximum atomic E-state index is 4.50. The molecule has 0 saturated carbocycles. The van der Waals surface area contributed by atoms with E-state index in [2.05, 4.69) is 47.3 Å². The molecular weight excluding hydrogens is 182 g/mol. The Morgan fingerprint density at radius 1 is 0.533 bits per heavy atom. The van der Waals surface area contributed by atoms with Crippen LogP contribution in [0.15, 0.2) is 0 Å². The summed E-state index contributed by atoms with van der Waals surface area (Å²) >= 11 is 0. The smallest absolute Gasteiger partial charge is 0 e. The number of nitrogens with two attached hydrogens (primary N) is 1. The van der Waals surface area contributed by atoms with E-state index in [4.69, 9.17) is 0 Å². The maximum Gasteiger partial charge on any atom is 0 e. The molecule has 0 radical (unpaired) electrons. The third-order valence-corrected chi connectivity index (χ3v) is 0. The molecule has 0 heterocycles. The van der Waals surface area contributed by atoms with Gasteiger partial charge in [-0.3, -0.25) is 0 Å². The average Bonchev–Trinajstić information content (AvgIpc) is 2.29. The highest BCUT2D eigenvalue weighted by Gasteiger charge is 1.36. The van der Waals surface area contributed by atoms with Gasteiger partial charge in [-0.05, 0) is 7.05 Å². The van der Waals surface area contributed by atoms with Gasteiger partial charge in [0.1, 0.15) is 0 Å². The first-order chi connectivity index (χ1) is 7.24. The van der Waals surface area contributed by atoms with Crippen LogP contribution in [-0.2, 0) is 0 Å². The summed E-state index contributed by atoms with van der Waals surface area (Å²) in [5.41, 5.74) is 4.50. The van der Waals surface area contributed by atoms with Gasteiger partial charge in [0.25, 0.3) is 0 Å². The molecule has 0 aliphatic rings. The summed E-state index contributed by atoms with van der Waals surface area (Å²) in [5.74, 6) is 0. The van der Waals surface area contributed by atoms with E-state index in [1.807, 2.05) is 27.7 Å². The van der Waals surface area contributed by atoms with E-state index in [0.717, 1.165) is 0 Å². The first kappa shape index (κ1) is 36.3. The second-order valence-electron chi connectivity index (χ2n) is 2.12. The van der Waals surface area contributed by atoms with Gasteiger partial charge < -0.3 is 5.73 Å². The van der Waals surface area contributed by atoms with Crippen molar-refractivity contribution in [1.29, 1.82) is 0 Å².